The Morgan fingerprint density at radius 1 is 0.857 bits per heavy atom. The van der Waals surface area contributed by atoms with Gasteiger partial charge in [0.25, 0.3) is 0 Å². The summed E-state index contributed by atoms with van der Waals surface area (Å²) in [6.45, 7) is 0. The molecule has 0 aliphatic heterocycles. The van der Waals surface area contributed by atoms with Gasteiger partial charge in [-0.1, -0.05) is 0 Å². The van der Waals surface area contributed by atoms with Gasteiger partial charge in [0, 0.05) is 28.8 Å². The third kappa shape index (κ3) is 1.62. The number of carbonyl (C=O) groups excluding carboxylic acids is 1. The summed E-state index contributed by atoms with van der Waals surface area (Å²) in [5, 5.41) is 29.6. The van der Waals surface area contributed by atoms with E-state index in [-0.39, 0.29) is 45.4 Å². The fourth-order valence-corrected chi connectivity index (χ4v) is 2.65. The molecule has 3 N–H and O–H groups in total. The van der Waals surface area contributed by atoms with Crippen molar-refractivity contribution in [3.05, 3.63) is 29.3 Å². The number of hydrogen-bond donors (Lipinski definition) is 3. The fraction of sp³-hybridized carbons (Fsp3) is 0.133. The van der Waals surface area contributed by atoms with Gasteiger partial charge in [-0.25, -0.2) is 0 Å². The second-order valence-electron chi connectivity index (χ2n) is 4.60. The number of phenolic OH excluding ortho intramolecular Hbond substituents is 3. The average molecular weight is 288 g/mol. The van der Waals surface area contributed by atoms with Gasteiger partial charge in [0.2, 0.25) is 0 Å². The number of ether oxygens (including phenoxy) is 2. The highest BCUT2D eigenvalue weighted by Crippen LogP contribution is 2.53. The predicted molar refractivity (Wildman–Crippen MR) is 73.4 cm³/mol. The van der Waals surface area contributed by atoms with Crippen LogP contribution in [0, 0.1) is 0 Å². The molecule has 1 aliphatic carbocycles. The van der Waals surface area contributed by atoms with Crippen molar-refractivity contribution in [1.82, 2.24) is 0 Å². The van der Waals surface area contributed by atoms with Crippen LogP contribution in [0.15, 0.2) is 18.2 Å². The molecule has 0 heterocycles. The van der Waals surface area contributed by atoms with Crippen molar-refractivity contribution >= 4 is 5.78 Å². The lowest BCUT2D eigenvalue weighted by atomic mass is 10.0. The Balaban J connectivity index is 2.46. The lowest BCUT2D eigenvalue weighted by Gasteiger charge is -2.12. The van der Waals surface area contributed by atoms with E-state index in [2.05, 4.69) is 0 Å². The molecule has 21 heavy (non-hydrogen) atoms. The third-order valence-corrected chi connectivity index (χ3v) is 3.47. The third-order valence-electron chi connectivity index (χ3n) is 3.47. The topological polar surface area (TPSA) is 96.2 Å². The number of phenols is 3. The molecule has 0 unspecified atom stereocenters. The molecule has 1 aliphatic rings. The minimum Gasteiger partial charge on any atom is -0.508 e. The first-order valence-corrected chi connectivity index (χ1v) is 6.08. The summed E-state index contributed by atoms with van der Waals surface area (Å²) in [4.78, 5) is 12.5. The van der Waals surface area contributed by atoms with Crippen molar-refractivity contribution in [2.75, 3.05) is 14.2 Å². The molecule has 0 aromatic heterocycles. The number of rotatable bonds is 2. The second-order valence-corrected chi connectivity index (χ2v) is 4.60. The van der Waals surface area contributed by atoms with E-state index in [1.807, 2.05) is 0 Å². The van der Waals surface area contributed by atoms with Gasteiger partial charge in [0.15, 0.2) is 17.3 Å². The van der Waals surface area contributed by atoms with Crippen LogP contribution in [0.1, 0.15) is 15.9 Å². The van der Waals surface area contributed by atoms with Crippen molar-refractivity contribution in [1.29, 1.82) is 0 Å². The minimum absolute atomic E-state index is 0.0226. The maximum Gasteiger partial charge on any atom is 0.198 e. The van der Waals surface area contributed by atoms with E-state index in [4.69, 9.17) is 9.47 Å². The Labute approximate surface area is 119 Å². The summed E-state index contributed by atoms with van der Waals surface area (Å²) in [7, 11) is 2.71. The van der Waals surface area contributed by atoms with Crippen LogP contribution in [0.2, 0.25) is 0 Å². The molecule has 0 atom stereocenters. The predicted octanol–water partition coefficient (Wildman–Crippen LogP) is 2.03. The summed E-state index contributed by atoms with van der Waals surface area (Å²) in [5.41, 5.74) is 0.822. The normalized spacial score (nSPS) is 12.0. The molecule has 0 saturated heterocycles. The van der Waals surface area contributed by atoms with Crippen molar-refractivity contribution in [2.24, 2.45) is 0 Å². The number of ketones is 1. The smallest absolute Gasteiger partial charge is 0.198 e. The van der Waals surface area contributed by atoms with Crippen molar-refractivity contribution < 1.29 is 29.6 Å². The number of methoxy groups -OCH3 is 2. The van der Waals surface area contributed by atoms with Crippen LogP contribution in [0.3, 0.4) is 0 Å². The Morgan fingerprint density at radius 3 is 2.19 bits per heavy atom. The number of aromatic hydroxyl groups is 3. The first kappa shape index (κ1) is 13.1. The van der Waals surface area contributed by atoms with Crippen LogP contribution >= 0.6 is 0 Å². The van der Waals surface area contributed by atoms with Gasteiger partial charge < -0.3 is 24.8 Å². The summed E-state index contributed by atoms with van der Waals surface area (Å²) in [6.07, 6.45) is 0. The van der Waals surface area contributed by atoms with Gasteiger partial charge in [-0.15, -0.1) is 0 Å². The lowest BCUT2D eigenvalue weighted by molar-refractivity contribution is 0.103. The largest absolute Gasteiger partial charge is 0.508 e. The van der Waals surface area contributed by atoms with Crippen molar-refractivity contribution in [2.45, 2.75) is 0 Å². The molecule has 2 aromatic rings. The standard InChI is InChI=1S/C15H12O6/c1-20-10-4-6(16)3-7-11(10)12-8(17)5-9(18)15(21-2)13(12)14(7)19/h3-5,16-18H,1-2H3. The Kier molecular flexibility index (Phi) is 2.69. The number of carbonyl (C=O) groups is 1. The summed E-state index contributed by atoms with van der Waals surface area (Å²) < 4.78 is 10.2. The van der Waals surface area contributed by atoms with Gasteiger partial charge in [-0.2, -0.15) is 0 Å². The SMILES string of the molecule is COc1cc(O)cc2c1-c1c(O)cc(O)c(OC)c1C2=O. The molecule has 0 amide bonds. The summed E-state index contributed by atoms with van der Waals surface area (Å²) in [6, 6.07) is 3.74. The molecule has 0 fully saturated rings. The molecule has 0 radical (unpaired) electrons. The van der Waals surface area contributed by atoms with E-state index in [9.17, 15) is 20.1 Å². The maximum absolute atomic E-state index is 12.5. The molecule has 2 aromatic carbocycles. The van der Waals surface area contributed by atoms with E-state index in [0.29, 0.717) is 5.56 Å². The van der Waals surface area contributed by atoms with E-state index in [1.54, 1.807) is 0 Å². The van der Waals surface area contributed by atoms with Gasteiger partial charge >= 0.3 is 0 Å². The highest BCUT2D eigenvalue weighted by Gasteiger charge is 2.37. The van der Waals surface area contributed by atoms with Crippen LogP contribution < -0.4 is 9.47 Å². The van der Waals surface area contributed by atoms with Crippen LogP contribution in [-0.4, -0.2) is 35.3 Å². The first-order chi connectivity index (χ1) is 9.99. The van der Waals surface area contributed by atoms with E-state index in [0.717, 1.165) is 6.07 Å². The zero-order chi connectivity index (χ0) is 15.3. The zero-order valence-corrected chi connectivity index (χ0v) is 11.3. The monoisotopic (exact) mass is 288 g/mol. The number of hydrogen-bond acceptors (Lipinski definition) is 6. The molecule has 108 valence electrons. The van der Waals surface area contributed by atoms with Crippen LogP contribution in [0.4, 0.5) is 0 Å². The minimum atomic E-state index is -0.461. The molecule has 0 bridgehead atoms. The lowest BCUT2D eigenvalue weighted by Crippen LogP contribution is -1.99. The second kappa shape index (κ2) is 4.31. The number of benzene rings is 2. The molecule has 6 heteroatoms. The van der Waals surface area contributed by atoms with Crippen LogP contribution in [0.25, 0.3) is 11.1 Å². The first-order valence-electron chi connectivity index (χ1n) is 6.08. The molecule has 6 nitrogen and oxygen atoms in total. The van der Waals surface area contributed by atoms with Crippen LogP contribution in [0.5, 0.6) is 28.7 Å². The van der Waals surface area contributed by atoms with Gasteiger partial charge in [-0.05, 0) is 6.07 Å². The maximum atomic E-state index is 12.5. The van der Waals surface area contributed by atoms with Crippen molar-refractivity contribution in [3.8, 4) is 39.9 Å². The molecular formula is C15H12O6. The summed E-state index contributed by atoms with van der Waals surface area (Å²) >= 11 is 0. The highest BCUT2D eigenvalue weighted by atomic mass is 16.5. The number of fused-ring (bicyclic) bond motifs is 3. The fourth-order valence-electron chi connectivity index (χ4n) is 2.65. The van der Waals surface area contributed by atoms with E-state index in [1.165, 1.54) is 26.4 Å². The molecule has 3 rings (SSSR count). The Morgan fingerprint density at radius 2 is 1.57 bits per heavy atom. The van der Waals surface area contributed by atoms with Crippen molar-refractivity contribution in [3.63, 3.8) is 0 Å². The van der Waals surface area contributed by atoms with Gasteiger partial charge in [-0.3, -0.25) is 4.79 Å². The Bertz CT molecular complexity index is 778. The zero-order valence-electron chi connectivity index (χ0n) is 11.3. The van der Waals surface area contributed by atoms with Crippen LogP contribution in [-0.2, 0) is 0 Å². The summed E-state index contributed by atoms with van der Waals surface area (Å²) in [5.74, 6) is -0.963. The molecular weight excluding hydrogens is 276 g/mol. The molecule has 0 spiro atoms. The Hall–Kier alpha value is -2.89. The quantitative estimate of drug-likeness (QED) is 0.667. The average Bonchev–Trinajstić information content (AvgIpc) is 2.73. The van der Waals surface area contributed by atoms with E-state index >= 15 is 0 Å². The van der Waals surface area contributed by atoms with Gasteiger partial charge in [0.05, 0.1) is 19.8 Å². The molecule has 0 saturated carbocycles. The van der Waals surface area contributed by atoms with Gasteiger partial charge in [0.1, 0.15) is 17.2 Å². The van der Waals surface area contributed by atoms with E-state index < -0.39 is 5.78 Å². The highest BCUT2D eigenvalue weighted by molar-refractivity contribution is 6.25.